The number of rotatable bonds is 3. The second-order valence-corrected chi connectivity index (χ2v) is 7.29. The van der Waals surface area contributed by atoms with Gasteiger partial charge in [0, 0.05) is 5.39 Å². The summed E-state index contributed by atoms with van der Waals surface area (Å²) in [5, 5.41) is 14.9. The molecule has 0 spiro atoms. The molecule has 0 saturated carbocycles. The molecule has 0 saturated heterocycles. The van der Waals surface area contributed by atoms with E-state index in [1.54, 1.807) is 32.1 Å². The minimum absolute atomic E-state index is 0.337. The SMILES string of the molecule is Cc1ccc(C2(C(=O)O)C=C(c3ccc4onc(C)c4c3)CC2)c(C)c1F. The summed E-state index contributed by atoms with van der Waals surface area (Å²) in [5.74, 6) is -1.29. The molecule has 1 atom stereocenters. The van der Waals surface area contributed by atoms with Gasteiger partial charge in [0.25, 0.3) is 0 Å². The zero-order chi connectivity index (χ0) is 19.3. The van der Waals surface area contributed by atoms with E-state index >= 15 is 0 Å². The number of carboxylic acid groups (broad SMARTS) is 1. The van der Waals surface area contributed by atoms with Crippen molar-refractivity contribution in [3.8, 4) is 0 Å². The Hall–Kier alpha value is -2.95. The lowest BCUT2D eigenvalue weighted by Crippen LogP contribution is -2.32. The highest BCUT2D eigenvalue weighted by Crippen LogP contribution is 2.45. The number of allylic oxidation sites excluding steroid dienone is 1. The molecule has 2 aromatic carbocycles. The van der Waals surface area contributed by atoms with Crippen LogP contribution in [-0.4, -0.2) is 16.2 Å². The average molecular weight is 365 g/mol. The molecular formula is C22H20FNO3. The first-order valence-electron chi connectivity index (χ1n) is 8.91. The van der Waals surface area contributed by atoms with Crippen LogP contribution in [0.5, 0.6) is 0 Å². The number of aryl methyl sites for hydroxylation is 2. The van der Waals surface area contributed by atoms with Gasteiger partial charge >= 0.3 is 5.97 Å². The average Bonchev–Trinajstić information content (AvgIpc) is 3.25. The first-order valence-corrected chi connectivity index (χ1v) is 8.91. The van der Waals surface area contributed by atoms with Crippen molar-refractivity contribution in [2.45, 2.75) is 39.0 Å². The number of hydrogen-bond acceptors (Lipinski definition) is 3. The number of fused-ring (bicyclic) bond motifs is 1. The van der Waals surface area contributed by atoms with E-state index in [4.69, 9.17) is 4.52 Å². The lowest BCUT2D eigenvalue weighted by molar-refractivity contribution is -0.141. The lowest BCUT2D eigenvalue weighted by Gasteiger charge is -2.25. The number of benzene rings is 2. The van der Waals surface area contributed by atoms with Crippen LogP contribution in [0.25, 0.3) is 16.5 Å². The van der Waals surface area contributed by atoms with Gasteiger partial charge in [-0.1, -0.05) is 29.4 Å². The first kappa shape index (κ1) is 17.5. The Morgan fingerprint density at radius 3 is 2.74 bits per heavy atom. The molecule has 1 N–H and O–H groups in total. The minimum atomic E-state index is -1.22. The van der Waals surface area contributed by atoms with E-state index in [9.17, 15) is 14.3 Å². The number of aromatic nitrogens is 1. The van der Waals surface area contributed by atoms with Gasteiger partial charge in [-0.05, 0) is 73.6 Å². The van der Waals surface area contributed by atoms with Crippen LogP contribution in [0, 0.1) is 26.6 Å². The number of carbonyl (C=O) groups is 1. The quantitative estimate of drug-likeness (QED) is 0.702. The lowest BCUT2D eigenvalue weighted by atomic mass is 9.77. The van der Waals surface area contributed by atoms with Gasteiger partial charge in [0.05, 0.1) is 5.69 Å². The van der Waals surface area contributed by atoms with Crippen LogP contribution in [0.3, 0.4) is 0 Å². The number of halogens is 1. The van der Waals surface area contributed by atoms with Gasteiger partial charge in [0.15, 0.2) is 5.58 Å². The van der Waals surface area contributed by atoms with Crippen molar-refractivity contribution in [2.24, 2.45) is 0 Å². The van der Waals surface area contributed by atoms with Crippen LogP contribution >= 0.6 is 0 Å². The number of hydrogen-bond donors (Lipinski definition) is 1. The Morgan fingerprint density at radius 2 is 2.00 bits per heavy atom. The van der Waals surface area contributed by atoms with E-state index in [-0.39, 0.29) is 5.82 Å². The van der Waals surface area contributed by atoms with Gasteiger partial charge < -0.3 is 9.63 Å². The zero-order valence-electron chi connectivity index (χ0n) is 15.5. The molecule has 1 unspecified atom stereocenters. The maximum absolute atomic E-state index is 14.5. The first-order chi connectivity index (χ1) is 12.8. The molecule has 1 heterocycles. The predicted molar refractivity (Wildman–Crippen MR) is 101 cm³/mol. The molecule has 5 heteroatoms. The van der Waals surface area contributed by atoms with Crippen molar-refractivity contribution in [3.63, 3.8) is 0 Å². The molecule has 0 bridgehead atoms. The normalized spacial score (nSPS) is 19.5. The van der Waals surface area contributed by atoms with E-state index < -0.39 is 11.4 Å². The van der Waals surface area contributed by atoms with Crippen LogP contribution in [0.4, 0.5) is 4.39 Å². The number of carboxylic acids is 1. The summed E-state index contributed by atoms with van der Waals surface area (Å²) in [5.41, 5.74) is 3.62. The highest BCUT2D eigenvalue weighted by Gasteiger charge is 2.43. The fourth-order valence-corrected chi connectivity index (χ4v) is 4.06. The highest BCUT2D eigenvalue weighted by molar-refractivity contribution is 5.92. The third kappa shape index (κ3) is 2.57. The van der Waals surface area contributed by atoms with Crippen molar-refractivity contribution in [2.75, 3.05) is 0 Å². The summed E-state index contributed by atoms with van der Waals surface area (Å²) in [6.07, 6.45) is 2.80. The molecular weight excluding hydrogens is 345 g/mol. The van der Waals surface area contributed by atoms with Crippen LogP contribution in [0.2, 0.25) is 0 Å². The fraction of sp³-hybridized carbons (Fsp3) is 0.273. The molecule has 3 aromatic rings. The zero-order valence-corrected chi connectivity index (χ0v) is 15.5. The van der Waals surface area contributed by atoms with Crippen LogP contribution in [0.1, 0.15) is 40.8 Å². The van der Waals surface area contributed by atoms with E-state index in [1.165, 1.54) is 0 Å². The third-order valence-electron chi connectivity index (χ3n) is 5.67. The molecule has 0 aliphatic heterocycles. The van der Waals surface area contributed by atoms with Crippen molar-refractivity contribution < 1.29 is 18.8 Å². The largest absolute Gasteiger partial charge is 0.480 e. The third-order valence-corrected chi connectivity index (χ3v) is 5.67. The van der Waals surface area contributed by atoms with Crippen molar-refractivity contribution in [1.82, 2.24) is 5.16 Å². The van der Waals surface area contributed by atoms with Gasteiger partial charge in [0.1, 0.15) is 11.2 Å². The van der Waals surface area contributed by atoms with Gasteiger partial charge in [-0.2, -0.15) is 0 Å². The Bertz CT molecular complexity index is 1110. The highest BCUT2D eigenvalue weighted by atomic mass is 19.1. The van der Waals surface area contributed by atoms with E-state index in [0.29, 0.717) is 35.1 Å². The van der Waals surface area contributed by atoms with E-state index in [2.05, 4.69) is 5.16 Å². The Kier molecular flexibility index (Phi) is 3.91. The molecule has 138 valence electrons. The van der Waals surface area contributed by atoms with Crippen molar-refractivity contribution in [3.05, 3.63) is 70.2 Å². The molecule has 0 radical (unpaired) electrons. The number of nitrogens with zero attached hydrogens (tertiary/aromatic N) is 1. The Balaban J connectivity index is 1.86. The Morgan fingerprint density at radius 1 is 1.22 bits per heavy atom. The Labute approximate surface area is 156 Å². The van der Waals surface area contributed by atoms with Gasteiger partial charge in [-0.15, -0.1) is 0 Å². The maximum atomic E-state index is 14.5. The minimum Gasteiger partial charge on any atom is -0.480 e. The summed E-state index contributed by atoms with van der Waals surface area (Å²) >= 11 is 0. The molecule has 0 amide bonds. The molecule has 4 rings (SSSR count). The summed E-state index contributed by atoms with van der Waals surface area (Å²) < 4.78 is 19.7. The number of aliphatic carboxylic acids is 1. The molecule has 0 fully saturated rings. The topological polar surface area (TPSA) is 63.3 Å². The molecule has 27 heavy (non-hydrogen) atoms. The maximum Gasteiger partial charge on any atom is 0.318 e. The smallest absolute Gasteiger partial charge is 0.318 e. The summed E-state index contributed by atoms with van der Waals surface area (Å²) in [6, 6.07) is 9.14. The summed E-state index contributed by atoms with van der Waals surface area (Å²) in [7, 11) is 0. The van der Waals surface area contributed by atoms with Crippen molar-refractivity contribution >= 4 is 22.5 Å². The van der Waals surface area contributed by atoms with E-state index in [0.717, 1.165) is 22.2 Å². The van der Waals surface area contributed by atoms with Crippen LogP contribution in [0.15, 0.2) is 40.9 Å². The van der Waals surface area contributed by atoms with Crippen molar-refractivity contribution in [1.29, 1.82) is 0 Å². The molecule has 1 aliphatic carbocycles. The van der Waals surface area contributed by atoms with Crippen LogP contribution in [-0.2, 0) is 10.2 Å². The summed E-state index contributed by atoms with van der Waals surface area (Å²) in [6.45, 7) is 5.21. The second kappa shape index (κ2) is 6.05. The van der Waals surface area contributed by atoms with Crippen LogP contribution < -0.4 is 0 Å². The second-order valence-electron chi connectivity index (χ2n) is 7.29. The standard InChI is InChI=1S/C22H20FNO3/c1-12-4-6-18(13(2)20(12)23)22(21(25)26)9-8-16(11-22)15-5-7-19-17(10-15)14(3)24-27-19/h4-7,10-11H,8-9H2,1-3H3,(H,25,26). The fourth-order valence-electron chi connectivity index (χ4n) is 4.06. The molecule has 1 aliphatic rings. The van der Waals surface area contributed by atoms with E-state index in [1.807, 2.05) is 25.1 Å². The monoisotopic (exact) mass is 365 g/mol. The molecule has 1 aromatic heterocycles. The summed E-state index contributed by atoms with van der Waals surface area (Å²) in [4.78, 5) is 12.3. The molecule has 4 nitrogen and oxygen atoms in total. The van der Waals surface area contributed by atoms with Gasteiger partial charge in [0.2, 0.25) is 0 Å². The predicted octanol–water partition coefficient (Wildman–Crippen LogP) is 5.09. The van der Waals surface area contributed by atoms with Gasteiger partial charge in [-0.25, -0.2) is 4.39 Å². The van der Waals surface area contributed by atoms with Gasteiger partial charge in [-0.3, -0.25) is 4.79 Å².